The van der Waals surface area contributed by atoms with Crippen molar-refractivity contribution >= 4 is 17.5 Å². The van der Waals surface area contributed by atoms with Gasteiger partial charge in [0.2, 0.25) is 0 Å². The highest BCUT2D eigenvalue weighted by Gasteiger charge is 2.17. The summed E-state index contributed by atoms with van der Waals surface area (Å²) < 4.78 is 15.1. The van der Waals surface area contributed by atoms with Gasteiger partial charge in [-0.05, 0) is 50.9 Å². The molecule has 148 valence electrons. The van der Waals surface area contributed by atoms with Gasteiger partial charge in [0.1, 0.15) is 11.6 Å². The zero-order valence-corrected chi connectivity index (χ0v) is 17.0. The minimum atomic E-state index is -0.211. The fraction of sp³-hybridized carbons (Fsp3) is 0.421. The molecule has 28 heavy (non-hydrogen) atoms. The van der Waals surface area contributed by atoms with Gasteiger partial charge in [-0.25, -0.2) is 13.8 Å². The minimum Gasteiger partial charge on any atom is -0.493 e. The van der Waals surface area contributed by atoms with Crippen molar-refractivity contribution in [2.45, 2.75) is 25.7 Å². The largest absolute Gasteiger partial charge is 0.493 e. The molecule has 4 rings (SSSR count). The van der Waals surface area contributed by atoms with E-state index in [4.69, 9.17) is 9.47 Å². The van der Waals surface area contributed by atoms with Crippen LogP contribution in [0.25, 0.3) is 16.9 Å². The lowest BCUT2D eigenvalue weighted by molar-refractivity contribution is 0.0773. The van der Waals surface area contributed by atoms with E-state index < -0.39 is 0 Å². The van der Waals surface area contributed by atoms with Gasteiger partial charge < -0.3 is 14.5 Å². The molecular weight excluding hydrogens is 378 g/mol. The summed E-state index contributed by atoms with van der Waals surface area (Å²) in [7, 11) is 0. The van der Waals surface area contributed by atoms with Gasteiger partial charge in [0, 0.05) is 18.0 Å². The van der Waals surface area contributed by atoms with Gasteiger partial charge in [0.05, 0.1) is 31.1 Å². The average molecular weight is 401 g/mol. The van der Waals surface area contributed by atoms with E-state index in [9.17, 15) is 4.79 Å². The number of H-pyrrole nitrogens is 1. The Bertz CT molecular complexity index is 1060. The zero-order chi connectivity index (χ0) is 19.7. The number of ether oxygens (including phenoxy) is 2. The van der Waals surface area contributed by atoms with E-state index in [2.05, 4.69) is 19.4 Å². The lowest BCUT2D eigenvalue weighted by Crippen LogP contribution is -2.30. The zero-order valence-electron chi connectivity index (χ0n) is 16.2. The molecule has 1 N–H and O–H groups in total. The molecule has 1 saturated heterocycles. The summed E-state index contributed by atoms with van der Waals surface area (Å²) in [4.78, 5) is 21.0. The Hall–Kier alpha value is -2.36. The quantitative estimate of drug-likeness (QED) is 0.657. The number of aromatic amines is 1. The highest BCUT2D eigenvalue weighted by Crippen LogP contribution is 2.33. The van der Waals surface area contributed by atoms with E-state index >= 15 is 0 Å². The summed E-state index contributed by atoms with van der Waals surface area (Å²) in [6, 6.07) is 5.96. The number of rotatable bonds is 5. The molecule has 3 heterocycles. The Morgan fingerprint density at radius 3 is 2.82 bits per heavy atom. The molecule has 3 aromatic rings. The van der Waals surface area contributed by atoms with Crippen LogP contribution in [-0.2, 0) is 4.74 Å². The van der Waals surface area contributed by atoms with Crippen LogP contribution in [0.2, 0.25) is 0 Å². The predicted octanol–water partition coefficient (Wildman–Crippen LogP) is 2.44. The average Bonchev–Trinajstić information content (AvgIpc) is 2.98. The summed E-state index contributed by atoms with van der Waals surface area (Å²) >= 11 is 1.67. The second-order valence-electron chi connectivity index (χ2n) is 6.53. The molecule has 0 amide bonds. The molecule has 0 radical (unpaired) electrons. The first-order valence-corrected chi connectivity index (χ1v) is 10.1. The molecule has 0 bridgehead atoms. The van der Waals surface area contributed by atoms with Crippen LogP contribution in [0, 0.1) is 13.8 Å². The fourth-order valence-corrected chi connectivity index (χ4v) is 4.20. The second kappa shape index (κ2) is 7.94. The van der Waals surface area contributed by atoms with Crippen LogP contribution in [0.3, 0.4) is 0 Å². The maximum Gasteiger partial charge on any atom is 0.277 e. The van der Waals surface area contributed by atoms with Crippen molar-refractivity contribution < 1.29 is 9.47 Å². The molecule has 0 unspecified atom stereocenters. The standard InChI is InChI=1S/C19H23N5O3S/c1-4-27-16-6-5-14(28-23-7-9-26-10-8-23)11-15(16)18-21-19(25)17-12(2)20-13(3)24(17)22-18/h5-6,11H,4,7-10H2,1-3H3,(H,21,22,25). The van der Waals surface area contributed by atoms with E-state index in [-0.39, 0.29) is 5.56 Å². The van der Waals surface area contributed by atoms with Gasteiger partial charge in [0.25, 0.3) is 5.56 Å². The van der Waals surface area contributed by atoms with Crippen LogP contribution in [0.4, 0.5) is 0 Å². The lowest BCUT2D eigenvalue weighted by Gasteiger charge is -2.25. The van der Waals surface area contributed by atoms with Crippen LogP contribution in [0.1, 0.15) is 18.4 Å². The molecule has 1 fully saturated rings. The highest BCUT2D eigenvalue weighted by atomic mass is 32.2. The van der Waals surface area contributed by atoms with Gasteiger partial charge in [-0.1, -0.05) is 0 Å². The molecule has 1 aliphatic heterocycles. The molecule has 2 aromatic heterocycles. The Labute approximate surface area is 167 Å². The highest BCUT2D eigenvalue weighted by molar-refractivity contribution is 7.97. The van der Waals surface area contributed by atoms with E-state index in [1.807, 2.05) is 39.0 Å². The maximum absolute atomic E-state index is 12.7. The predicted molar refractivity (Wildman–Crippen MR) is 108 cm³/mol. The molecule has 0 spiro atoms. The van der Waals surface area contributed by atoms with E-state index in [1.165, 1.54) is 0 Å². The first-order chi connectivity index (χ1) is 13.6. The Balaban J connectivity index is 1.78. The third kappa shape index (κ3) is 3.65. The number of morpholine rings is 1. The number of fused-ring (bicyclic) bond motifs is 1. The van der Waals surface area contributed by atoms with E-state index in [0.29, 0.717) is 35.2 Å². The third-order valence-electron chi connectivity index (χ3n) is 4.55. The molecule has 0 atom stereocenters. The van der Waals surface area contributed by atoms with E-state index in [1.54, 1.807) is 16.5 Å². The fourth-order valence-electron chi connectivity index (χ4n) is 3.27. The van der Waals surface area contributed by atoms with Gasteiger partial charge in [-0.2, -0.15) is 0 Å². The molecule has 1 aliphatic rings. The number of hydrogen-bond acceptors (Lipinski definition) is 7. The van der Waals surface area contributed by atoms with Crippen molar-refractivity contribution in [3.05, 3.63) is 40.1 Å². The number of aromatic nitrogens is 4. The SMILES string of the molecule is CCOc1ccc(SN2CCOCC2)cc1-c1nn2c(C)nc(C)c2c(=O)[nH]1. The summed E-state index contributed by atoms with van der Waals surface area (Å²) in [5.41, 5.74) is 1.68. The second-order valence-corrected chi connectivity index (χ2v) is 7.70. The maximum atomic E-state index is 12.7. The summed E-state index contributed by atoms with van der Waals surface area (Å²) in [5.74, 6) is 1.83. The van der Waals surface area contributed by atoms with Crippen molar-refractivity contribution in [2.24, 2.45) is 0 Å². The van der Waals surface area contributed by atoms with Gasteiger partial charge in [0.15, 0.2) is 11.3 Å². The third-order valence-corrected chi connectivity index (χ3v) is 5.64. The number of nitrogens with one attached hydrogen (secondary N) is 1. The topological polar surface area (TPSA) is 84.8 Å². The first-order valence-electron chi connectivity index (χ1n) is 9.31. The molecule has 9 heteroatoms. The number of imidazole rings is 1. The molecule has 1 aromatic carbocycles. The van der Waals surface area contributed by atoms with E-state index in [0.717, 1.165) is 36.8 Å². The number of nitrogens with zero attached hydrogens (tertiary/aromatic N) is 4. The Kier molecular flexibility index (Phi) is 5.38. The summed E-state index contributed by atoms with van der Waals surface area (Å²) in [5, 5.41) is 4.63. The molecular formula is C19H23N5O3S. The van der Waals surface area contributed by atoms with Crippen LogP contribution >= 0.6 is 11.9 Å². The number of benzene rings is 1. The van der Waals surface area contributed by atoms with Gasteiger partial charge >= 0.3 is 0 Å². The van der Waals surface area contributed by atoms with Crippen LogP contribution in [-0.4, -0.2) is 56.8 Å². The lowest BCUT2D eigenvalue weighted by atomic mass is 10.2. The van der Waals surface area contributed by atoms with Crippen LogP contribution in [0.15, 0.2) is 27.9 Å². The number of aryl methyl sites for hydroxylation is 2. The Morgan fingerprint density at radius 2 is 2.07 bits per heavy atom. The van der Waals surface area contributed by atoms with Crippen molar-refractivity contribution in [3.8, 4) is 17.1 Å². The van der Waals surface area contributed by atoms with Gasteiger partial charge in [-0.15, -0.1) is 5.10 Å². The summed E-state index contributed by atoms with van der Waals surface area (Å²) in [6.45, 7) is 9.34. The monoisotopic (exact) mass is 401 g/mol. The number of hydrogen-bond donors (Lipinski definition) is 1. The van der Waals surface area contributed by atoms with Gasteiger partial charge in [-0.3, -0.25) is 4.79 Å². The first kappa shape index (κ1) is 19.0. The minimum absolute atomic E-state index is 0.211. The summed E-state index contributed by atoms with van der Waals surface area (Å²) in [6.07, 6.45) is 0. The molecule has 0 saturated carbocycles. The van der Waals surface area contributed by atoms with Crippen molar-refractivity contribution in [2.75, 3.05) is 32.9 Å². The molecule has 8 nitrogen and oxygen atoms in total. The smallest absolute Gasteiger partial charge is 0.277 e. The molecule has 0 aliphatic carbocycles. The Morgan fingerprint density at radius 1 is 1.29 bits per heavy atom. The normalized spacial score (nSPS) is 15.2. The van der Waals surface area contributed by atoms with Crippen molar-refractivity contribution in [1.82, 2.24) is 23.9 Å². The van der Waals surface area contributed by atoms with Crippen LogP contribution < -0.4 is 10.3 Å². The van der Waals surface area contributed by atoms with Crippen LogP contribution in [0.5, 0.6) is 5.75 Å². The van der Waals surface area contributed by atoms with Crippen molar-refractivity contribution in [1.29, 1.82) is 0 Å². The van der Waals surface area contributed by atoms with Crippen molar-refractivity contribution in [3.63, 3.8) is 0 Å².